The van der Waals surface area contributed by atoms with E-state index in [9.17, 15) is 18.0 Å². The van der Waals surface area contributed by atoms with Crippen molar-refractivity contribution in [1.29, 1.82) is 0 Å². The Kier molecular flexibility index (Phi) is 9.11. The van der Waals surface area contributed by atoms with Crippen LogP contribution in [0.5, 0.6) is 5.75 Å². The van der Waals surface area contributed by atoms with Crippen LogP contribution in [-0.4, -0.2) is 51.9 Å². The molecule has 1 atom stereocenters. The van der Waals surface area contributed by atoms with Crippen LogP contribution in [0.1, 0.15) is 12.5 Å². The van der Waals surface area contributed by atoms with Gasteiger partial charge in [-0.25, -0.2) is 8.42 Å². The Bertz CT molecular complexity index is 1320. The fraction of sp³-hybridized carbons (Fsp3) is 0.231. The lowest BCUT2D eigenvalue weighted by Crippen LogP contribution is -2.50. The highest BCUT2D eigenvalue weighted by Gasteiger charge is 2.32. The number of benzene rings is 3. The molecule has 0 aliphatic heterocycles. The van der Waals surface area contributed by atoms with Crippen molar-refractivity contribution in [3.63, 3.8) is 0 Å². The van der Waals surface area contributed by atoms with Gasteiger partial charge >= 0.3 is 0 Å². The normalized spacial score (nSPS) is 11.9. The third kappa shape index (κ3) is 6.44. The predicted octanol–water partition coefficient (Wildman–Crippen LogP) is 3.82. The van der Waals surface area contributed by atoms with Gasteiger partial charge in [-0.05, 0) is 55.0 Å². The minimum atomic E-state index is -4.09. The van der Waals surface area contributed by atoms with Gasteiger partial charge in [0, 0.05) is 18.1 Å². The lowest BCUT2D eigenvalue weighted by atomic mass is 10.1. The largest absolute Gasteiger partial charge is 0.497 e. The van der Waals surface area contributed by atoms with Crippen LogP contribution < -0.4 is 14.4 Å². The number of ether oxygens (including phenoxy) is 1. The summed E-state index contributed by atoms with van der Waals surface area (Å²) in [5.41, 5.74) is 1.05. The van der Waals surface area contributed by atoms with E-state index in [4.69, 9.17) is 4.74 Å². The van der Waals surface area contributed by atoms with Crippen LogP contribution in [0.15, 0.2) is 88.2 Å². The van der Waals surface area contributed by atoms with Crippen LogP contribution in [0, 0.1) is 0 Å². The Hall–Kier alpha value is -3.37. The summed E-state index contributed by atoms with van der Waals surface area (Å²) < 4.78 is 34.3. The third-order valence-electron chi connectivity index (χ3n) is 5.61. The first-order valence-electron chi connectivity index (χ1n) is 11.1. The van der Waals surface area contributed by atoms with Gasteiger partial charge in [-0.1, -0.05) is 52.3 Å². The second-order valence-corrected chi connectivity index (χ2v) is 10.7. The monoisotopic (exact) mass is 573 g/mol. The lowest BCUT2D eigenvalue weighted by Gasteiger charge is -2.31. The summed E-state index contributed by atoms with van der Waals surface area (Å²) in [6.45, 7) is 1.19. The molecule has 3 rings (SSSR count). The van der Waals surface area contributed by atoms with Crippen molar-refractivity contribution in [2.24, 2.45) is 0 Å². The molecule has 190 valence electrons. The van der Waals surface area contributed by atoms with E-state index in [1.54, 1.807) is 74.7 Å². The summed E-state index contributed by atoms with van der Waals surface area (Å²) in [5.74, 6) is -0.297. The maximum absolute atomic E-state index is 13.7. The Balaban J connectivity index is 2.02. The summed E-state index contributed by atoms with van der Waals surface area (Å²) in [6.07, 6.45) is 0. The predicted molar refractivity (Wildman–Crippen MR) is 142 cm³/mol. The van der Waals surface area contributed by atoms with Gasteiger partial charge in [-0.15, -0.1) is 0 Å². The van der Waals surface area contributed by atoms with Crippen LogP contribution >= 0.6 is 15.9 Å². The van der Waals surface area contributed by atoms with Crippen LogP contribution in [0.3, 0.4) is 0 Å². The summed E-state index contributed by atoms with van der Waals surface area (Å²) in [4.78, 5) is 27.6. The van der Waals surface area contributed by atoms with E-state index in [-0.39, 0.29) is 17.3 Å². The smallest absolute Gasteiger partial charge is 0.264 e. The van der Waals surface area contributed by atoms with Gasteiger partial charge < -0.3 is 15.0 Å². The van der Waals surface area contributed by atoms with Gasteiger partial charge in [-0.3, -0.25) is 13.9 Å². The molecule has 0 saturated heterocycles. The fourth-order valence-corrected chi connectivity index (χ4v) is 5.45. The molecule has 8 nitrogen and oxygen atoms in total. The molecule has 0 spiro atoms. The maximum atomic E-state index is 13.7. The number of likely N-dealkylation sites (N-methyl/N-ethyl adjacent to an activating group) is 1. The minimum Gasteiger partial charge on any atom is -0.497 e. The number of carbonyl (C=O) groups is 2. The molecule has 1 N–H and O–H groups in total. The number of nitrogens with one attached hydrogen (secondary N) is 1. The van der Waals surface area contributed by atoms with E-state index in [1.165, 1.54) is 24.1 Å². The van der Waals surface area contributed by atoms with Crippen molar-refractivity contribution in [2.45, 2.75) is 24.4 Å². The molecule has 0 bridgehead atoms. The summed E-state index contributed by atoms with van der Waals surface area (Å²) in [5, 5.41) is 2.56. The quantitative estimate of drug-likeness (QED) is 0.398. The van der Waals surface area contributed by atoms with Crippen LogP contribution in [-0.2, 0) is 26.2 Å². The van der Waals surface area contributed by atoms with Crippen LogP contribution in [0.4, 0.5) is 5.69 Å². The van der Waals surface area contributed by atoms with Crippen molar-refractivity contribution in [3.05, 3.63) is 88.9 Å². The van der Waals surface area contributed by atoms with E-state index in [2.05, 4.69) is 21.2 Å². The molecule has 0 aliphatic carbocycles. The van der Waals surface area contributed by atoms with E-state index in [1.807, 2.05) is 6.07 Å². The molecule has 0 radical (unpaired) electrons. The highest BCUT2D eigenvalue weighted by atomic mass is 79.9. The molecule has 36 heavy (non-hydrogen) atoms. The molecule has 2 amide bonds. The first kappa shape index (κ1) is 27.2. The van der Waals surface area contributed by atoms with Gasteiger partial charge in [0.05, 0.1) is 17.7 Å². The lowest BCUT2D eigenvalue weighted by molar-refractivity contribution is -0.139. The average molecular weight is 574 g/mol. The Morgan fingerprint density at radius 1 is 1.00 bits per heavy atom. The number of nitrogens with zero attached hydrogens (tertiary/aromatic N) is 2. The van der Waals surface area contributed by atoms with Crippen molar-refractivity contribution < 1.29 is 22.7 Å². The van der Waals surface area contributed by atoms with Gasteiger partial charge in [0.25, 0.3) is 10.0 Å². The Morgan fingerprint density at radius 2 is 1.69 bits per heavy atom. The van der Waals surface area contributed by atoms with Crippen molar-refractivity contribution >= 4 is 43.5 Å². The van der Waals surface area contributed by atoms with E-state index >= 15 is 0 Å². The van der Waals surface area contributed by atoms with Gasteiger partial charge in [0.1, 0.15) is 18.3 Å². The Morgan fingerprint density at radius 3 is 2.33 bits per heavy atom. The molecule has 3 aromatic rings. The second-order valence-electron chi connectivity index (χ2n) is 7.97. The summed E-state index contributed by atoms with van der Waals surface area (Å²) >= 11 is 3.38. The van der Waals surface area contributed by atoms with Crippen LogP contribution in [0.25, 0.3) is 0 Å². The van der Waals surface area contributed by atoms with Crippen molar-refractivity contribution in [1.82, 2.24) is 10.2 Å². The third-order valence-corrected chi connectivity index (χ3v) is 7.89. The number of hydrogen-bond acceptors (Lipinski definition) is 5. The number of sulfonamides is 1. The van der Waals surface area contributed by atoms with Gasteiger partial charge in [0.15, 0.2) is 0 Å². The first-order valence-corrected chi connectivity index (χ1v) is 13.4. The molecule has 0 unspecified atom stereocenters. The van der Waals surface area contributed by atoms with Gasteiger partial charge in [0.2, 0.25) is 11.8 Å². The molecule has 3 aromatic carbocycles. The van der Waals surface area contributed by atoms with E-state index in [0.29, 0.717) is 15.9 Å². The standard InChI is InChI=1S/C26H28BrN3O5S/c1-19(26(32)28-2)29(17-20-9-7-12-23(15-20)35-3)25(31)18-30(22-11-8-10-21(27)16-22)36(33,34)24-13-5-4-6-14-24/h4-16,19H,17-18H2,1-3H3,(H,28,32)/t19-/m1/s1. The SMILES string of the molecule is CNC(=O)[C@@H](C)N(Cc1cccc(OC)c1)C(=O)CN(c1cccc(Br)c1)S(=O)(=O)c1ccccc1. The van der Waals surface area contributed by atoms with Crippen molar-refractivity contribution in [3.8, 4) is 5.75 Å². The second kappa shape index (κ2) is 12.0. The number of amides is 2. The average Bonchev–Trinajstić information content (AvgIpc) is 2.89. The zero-order chi connectivity index (χ0) is 26.3. The number of methoxy groups -OCH3 is 1. The molecular formula is C26H28BrN3O5S. The molecule has 0 aliphatic rings. The summed E-state index contributed by atoms with van der Waals surface area (Å²) in [6, 6.07) is 20.9. The molecule has 0 fully saturated rings. The number of hydrogen-bond donors (Lipinski definition) is 1. The minimum absolute atomic E-state index is 0.0523. The van der Waals surface area contributed by atoms with Crippen LogP contribution in [0.2, 0.25) is 0 Å². The highest BCUT2D eigenvalue weighted by molar-refractivity contribution is 9.10. The molecule has 0 heterocycles. The molecule has 0 aromatic heterocycles. The zero-order valence-electron chi connectivity index (χ0n) is 20.2. The van der Waals surface area contributed by atoms with E-state index < -0.39 is 28.5 Å². The summed E-state index contributed by atoms with van der Waals surface area (Å²) in [7, 11) is -1.06. The molecule has 0 saturated carbocycles. The first-order chi connectivity index (χ1) is 17.2. The number of carbonyl (C=O) groups excluding carboxylic acids is 2. The fourth-order valence-electron chi connectivity index (χ4n) is 3.64. The number of rotatable bonds is 10. The molecular weight excluding hydrogens is 546 g/mol. The maximum Gasteiger partial charge on any atom is 0.264 e. The molecule has 10 heteroatoms. The van der Waals surface area contributed by atoms with Crippen molar-refractivity contribution in [2.75, 3.05) is 25.0 Å². The Labute approximate surface area is 220 Å². The number of halogens is 1. The van der Waals surface area contributed by atoms with Gasteiger partial charge in [-0.2, -0.15) is 0 Å². The topological polar surface area (TPSA) is 96.0 Å². The van der Waals surface area contributed by atoms with E-state index in [0.717, 1.165) is 9.87 Å². The zero-order valence-corrected chi connectivity index (χ0v) is 22.6. The number of anilines is 1. The highest BCUT2D eigenvalue weighted by Crippen LogP contribution is 2.27.